The first-order valence-electron chi connectivity index (χ1n) is 14.1. The Labute approximate surface area is 241 Å². The number of methoxy groups -OCH3 is 2. The van der Waals surface area contributed by atoms with E-state index >= 15 is 0 Å². The van der Waals surface area contributed by atoms with Gasteiger partial charge in [-0.25, -0.2) is 4.98 Å². The largest absolute Gasteiger partial charge is 0.485 e. The van der Waals surface area contributed by atoms with Crippen molar-refractivity contribution in [3.8, 4) is 16.9 Å². The number of carbonyl (C=O) groups excluding carboxylic acids is 1. The summed E-state index contributed by atoms with van der Waals surface area (Å²) in [6, 6.07) is 22.6. The van der Waals surface area contributed by atoms with Crippen LogP contribution in [0.15, 0.2) is 72.9 Å². The van der Waals surface area contributed by atoms with E-state index in [9.17, 15) is 4.79 Å². The van der Waals surface area contributed by atoms with E-state index in [2.05, 4.69) is 41.4 Å². The molecule has 1 aliphatic rings. The summed E-state index contributed by atoms with van der Waals surface area (Å²) in [5.74, 6) is 0.945. The lowest BCUT2D eigenvalue weighted by atomic mass is 9.76. The molecule has 0 bridgehead atoms. The predicted octanol–water partition coefficient (Wildman–Crippen LogP) is 6.42. The normalized spacial score (nSPS) is 15.5. The summed E-state index contributed by atoms with van der Waals surface area (Å²) in [5.41, 5.74) is 11.4. The molecular formula is C34H38N2O5. The molecule has 5 rings (SSSR count). The number of benzene rings is 3. The molecular weight excluding hydrogens is 516 g/mol. The van der Waals surface area contributed by atoms with Gasteiger partial charge in [0, 0.05) is 50.0 Å². The second kappa shape index (κ2) is 12.7. The molecule has 0 aliphatic heterocycles. The zero-order chi connectivity index (χ0) is 28.8. The van der Waals surface area contributed by atoms with Crippen LogP contribution in [-0.2, 0) is 30.8 Å². The molecule has 1 atom stereocenters. The molecule has 0 radical (unpaired) electrons. The van der Waals surface area contributed by atoms with E-state index < -0.39 is 0 Å². The Morgan fingerprint density at radius 2 is 1.71 bits per heavy atom. The Hall–Kier alpha value is -3.94. The van der Waals surface area contributed by atoms with E-state index in [1.54, 1.807) is 20.4 Å². The number of carbonyl (C=O) groups is 1. The van der Waals surface area contributed by atoms with E-state index in [0.717, 1.165) is 52.3 Å². The van der Waals surface area contributed by atoms with Crippen molar-refractivity contribution in [2.45, 2.75) is 44.1 Å². The SMILES string of the molecule is CCOC(=O)Cc1ccccc1OC1CC(CCOC)(CCOC)c2ccc(-c3ccc4ccnc(N)c4c3)cc21. The van der Waals surface area contributed by atoms with Crippen LogP contribution >= 0.6 is 0 Å². The number of nitrogens with two attached hydrogens (primary N) is 1. The van der Waals surface area contributed by atoms with Crippen LogP contribution in [-0.4, -0.2) is 45.0 Å². The summed E-state index contributed by atoms with van der Waals surface area (Å²) in [7, 11) is 3.48. The number of hydrogen-bond donors (Lipinski definition) is 1. The number of fused-ring (bicyclic) bond motifs is 2. The number of rotatable bonds is 12. The Morgan fingerprint density at radius 1 is 0.976 bits per heavy atom. The third-order valence-electron chi connectivity index (χ3n) is 8.13. The maximum Gasteiger partial charge on any atom is 0.310 e. The standard InChI is InChI=1S/C34H38N2O5/c1-4-40-32(37)21-26-7-5-6-8-30(26)41-31-22-34(14-17-38-2,15-18-39-3)29-12-11-25(20-28(29)31)24-10-9-23-13-16-36-33(35)27(23)19-24/h5-13,16,19-20,31H,4,14-15,17-18,21-22H2,1-3H3,(H2,35,36). The van der Waals surface area contributed by atoms with Gasteiger partial charge >= 0.3 is 5.97 Å². The number of nitrogens with zero attached hydrogens (tertiary/aromatic N) is 1. The molecule has 0 amide bonds. The summed E-state index contributed by atoms with van der Waals surface area (Å²) in [5, 5.41) is 1.99. The molecule has 1 aromatic heterocycles. The maximum atomic E-state index is 12.3. The fourth-order valence-corrected chi connectivity index (χ4v) is 6.02. The van der Waals surface area contributed by atoms with Gasteiger partial charge in [-0.3, -0.25) is 4.79 Å². The second-order valence-electron chi connectivity index (χ2n) is 10.6. The molecule has 1 heterocycles. The molecule has 0 saturated heterocycles. The van der Waals surface area contributed by atoms with Gasteiger partial charge in [-0.15, -0.1) is 0 Å². The van der Waals surface area contributed by atoms with Crippen LogP contribution in [0.4, 0.5) is 5.82 Å². The minimum absolute atomic E-state index is 0.161. The summed E-state index contributed by atoms with van der Waals surface area (Å²) in [6.07, 6.45) is 4.15. The van der Waals surface area contributed by atoms with E-state index in [4.69, 9.17) is 24.7 Å². The molecule has 0 fully saturated rings. The number of nitrogen functional groups attached to an aromatic ring is 1. The fourth-order valence-electron chi connectivity index (χ4n) is 6.02. The van der Waals surface area contributed by atoms with E-state index in [-0.39, 0.29) is 23.9 Å². The molecule has 4 aromatic rings. The lowest BCUT2D eigenvalue weighted by Gasteiger charge is -2.30. The van der Waals surface area contributed by atoms with Crippen LogP contribution in [0.5, 0.6) is 5.75 Å². The highest BCUT2D eigenvalue weighted by Gasteiger charge is 2.44. The van der Waals surface area contributed by atoms with Crippen LogP contribution < -0.4 is 10.5 Å². The van der Waals surface area contributed by atoms with Gasteiger partial charge in [0.1, 0.15) is 17.7 Å². The number of aromatic nitrogens is 1. The molecule has 7 heteroatoms. The molecule has 0 saturated carbocycles. The van der Waals surface area contributed by atoms with Crippen molar-refractivity contribution >= 4 is 22.6 Å². The Balaban J connectivity index is 1.57. The molecule has 0 spiro atoms. The summed E-state index contributed by atoms with van der Waals surface area (Å²) in [4.78, 5) is 16.6. The lowest BCUT2D eigenvalue weighted by Crippen LogP contribution is -2.27. The van der Waals surface area contributed by atoms with Crippen molar-refractivity contribution in [1.82, 2.24) is 4.98 Å². The zero-order valence-electron chi connectivity index (χ0n) is 24.0. The highest BCUT2D eigenvalue weighted by molar-refractivity contribution is 5.94. The molecule has 1 aliphatic carbocycles. The quantitative estimate of drug-likeness (QED) is 0.202. The Bertz CT molecular complexity index is 1510. The van der Waals surface area contributed by atoms with Gasteiger partial charge in [0.15, 0.2) is 0 Å². The third-order valence-corrected chi connectivity index (χ3v) is 8.13. The van der Waals surface area contributed by atoms with E-state index in [1.165, 1.54) is 5.56 Å². The third kappa shape index (κ3) is 6.06. The highest BCUT2D eigenvalue weighted by atomic mass is 16.5. The number of para-hydroxylation sites is 1. The van der Waals surface area contributed by atoms with Gasteiger partial charge < -0.3 is 24.7 Å². The molecule has 1 unspecified atom stereocenters. The summed E-state index contributed by atoms with van der Waals surface area (Å²) in [6.45, 7) is 3.42. The topological polar surface area (TPSA) is 92.9 Å². The molecule has 41 heavy (non-hydrogen) atoms. The minimum atomic E-state index is -0.266. The second-order valence-corrected chi connectivity index (χ2v) is 10.6. The molecule has 214 valence electrons. The van der Waals surface area contributed by atoms with Gasteiger partial charge in [0.05, 0.1) is 13.0 Å². The van der Waals surface area contributed by atoms with Crippen molar-refractivity contribution in [3.63, 3.8) is 0 Å². The van der Waals surface area contributed by atoms with Crippen LogP contribution in [0.2, 0.25) is 0 Å². The van der Waals surface area contributed by atoms with Gasteiger partial charge in [0.2, 0.25) is 0 Å². The monoisotopic (exact) mass is 554 g/mol. The van der Waals surface area contributed by atoms with Gasteiger partial charge in [0.25, 0.3) is 0 Å². The predicted molar refractivity (Wildman–Crippen MR) is 161 cm³/mol. The Morgan fingerprint density at radius 3 is 2.46 bits per heavy atom. The number of pyridine rings is 1. The fraction of sp³-hybridized carbons (Fsp3) is 0.353. The van der Waals surface area contributed by atoms with Gasteiger partial charge in [-0.1, -0.05) is 42.5 Å². The van der Waals surface area contributed by atoms with Crippen LogP contribution in [0.25, 0.3) is 21.9 Å². The average molecular weight is 555 g/mol. The molecule has 3 aromatic carbocycles. The molecule has 7 nitrogen and oxygen atoms in total. The van der Waals surface area contributed by atoms with Crippen molar-refractivity contribution < 1.29 is 23.7 Å². The number of hydrogen-bond acceptors (Lipinski definition) is 7. The summed E-state index contributed by atoms with van der Waals surface area (Å²) >= 11 is 0. The maximum absolute atomic E-state index is 12.3. The van der Waals surface area contributed by atoms with Gasteiger partial charge in [-0.05, 0) is 78.1 Å². The van der Waals surface area contributed by atoms with Crippen molar-refractivity contribution in [3.05, 3.63) is 89.6 Å². The van der Waals surface area contributed by atoms with E-state index in [1.807, 2.05) is 37.3 Å². The zero-order valence-corrected chi connectivity index (χ0v) is 24.0. The van der Waals surface area contributed by atoms with Crippen molar-refractivity contribution in [2.24, 2.45) is 0 Å². The first-order valence-corrected chi connectivity index (χ1v) is 14.1. The first kappa shape index (κ1) is 28.6. The summed E-state index contributed by atoms with van der Waals surface area (Å²) < 4.78 is 23.1. The number of anilines is 1. The smallest absolute Gasteiger partial charge is 0.310 e. The lowest BCUT2D eigenvalue weighted by molar-refractivity contribution is -0.142. The molecule has 2 N–H and O–H groups in total. The Kier molecular flexibility index (Phi) is 8.86. The van der Waals surface area contributed by atoms with Crippen molar-refractivity contribution in [2.75, 3.05) is 39.8 Å². The van der Waals surface area contributed by atoms with Crippen LogP contribution in [0.3, 0.4) is 0 Å². The first-order chi connectivity index (χ1) is 20.0. The minimum Gasteiger partial charge on any atom is -0.485 e. The number of ether oxygens (including phenoxy) is 4. The van der Waals surface area contributed by atoms with Crippen molar-refractivity contribution in [1.29, 1.82) is 0 Å². The van der Waals surface area contributed by atoms with Crippen LogP contribution in [0.1, 0.15) is 49.0 Å². The average Bonchev–Trinajstić information content (AvgIpc) is 3.28. The van der Waals surface area contributed by atoms with Gasteiger partial charge in [-0.2, -0.15) is 0 Å². The number of esters is 1. The van der Waals surface area contributed by atoms with Crippen LogP contribution in [0, 0.1) is 0 Å². The highest BCUT2D eigenvalue weighted by Crippen LogP contribution is 2.52. The van der Waals surface area contributed by atoms with E-state index in [0.29, 0.717) is 31.4 Å².